The van der Waals surface area contributed by atoms with Crippen molar-refractivity contribution >= 4 is 5.91 Å². The summed E-state index contributed by atoms with van der Waals surface area (Å²) in [6.45, 7) is 4.02. The summed E-state index contributed by atoms with van der Waals surface area (Å²) in [5.41, 5.74) is 0.429. The Morgan fingerprint density at radius 1 is 1.23 bits per heavy atom. The summed E-state index contributed by atoms with van der Waals surface area (Å²) in [7, 11) is 4.11. The number of oxazole rings is 1. The van der Waals surface area contributed by atoms with Crippen molar-refractivity contribution in [2.24, 2.45) is 0 Å². The Hall–Kier alpha value is -2.22. The number of amides is 1. The van der Waals surface area contributed by atoms with Crippen LogP contribution in [-0.2, 0) is 6.54 Å². The Labute approximate surface area is 153 Å². The second-order valence-corrected chi connectivity index (χ2v) is 7.64. The Kier molecular flexibility index (Phi) is 4.52. The molecule has 1 saturated heterocycles. The quantitative estimate of drug-likeness (QED) is 0.813. The third-order valence-corrected chi connectivity index (χ3v) is 5.26. The van der Waals surface area contributed by atoms with E-state index in [1.54, 1.807) is 6.92 Å². The highest BCUT2D eigenvalue weighted by Crippen LogP contribution is 2.40. The zero-order valence-corrected chi connectivity index (χ0v) is 15.7. The Morgan fingerprint density at radius 3 is 2.54 bits per heavy atom. The molecule has 2 aromatic heterocycles. The standard InChI is InChI=1S/C18H26N6O2/c1-12-16(19-11-26-12)18(25)23-8-6-13(7-9-23)17-21-20-15(10-22(2)3)24(17)14-4-5-14/h11,13-14H,4-10H2,1-3H3. The van der Waals surface area contributed by atoms with Crippen LogP contribution in [0, 0.1) is 6.92 Å². The average molecular weight is 358 g/mol. The highest BCUT2D eigenvalue weighted by atomic mass is 16.3. The van der Waals surface area contributed by atoms with E-state index in [1.165, 1.54) is 19.2 Å². The first-order valence-corrected chi connectivity index (χ1v) is 9.32. The van der Waals surface area contributed by atoms with Gasteiger partial charge in [0.05, 0.1) is 6.54 Å². The first-order chi connectivity index (χ1) is 12.5. The molecule has 2 aliphatic rings. The molecule has 140 valence electrons. The van der Waals surface area contributed by atoms with E-state index >= 15 is 0 Å². The van der Waals surface area contributed by atoms with E-state index in [1.807, 2.05) is 4.90 Å². The summed E-state index contributed by atoms with van der Waals surface area (Å²) in [5.74, 6) is 3.07. The highest BCUT2D eigenvalue weighted by Gasteiger charge is 2.34. The van der Waals surface area contributed by atoms with Gasteiger partial charge in [-0.05, 0) is 46.7 Å². The van der Waals surface area contributed by atoms with Crippen molar-refractivity contribution in [1.29, 1.82) is 0 Å². The van der Waals surface area contributed by atoms with Crippen molar-refractivity contribution in [3.63, 3.8) is 0 Å². The van der Waals surface area contributed by atoms with Gasteiger partial charge in [0, 0.05) is 25.0 Å². The molecule has 1 aliphatic heterocycles. The lowest BCUT2D eigenvalue weighted by Gasteiger charge is -2.31. The van der Waals surface area contributed by atoms with Crippen LogP contribution < -0.4 is 0 Å². The molecule has 0 radical (unpaired) electrons. The van der Waals surface area contributed by atoms with Crippen molar-refractivity contribution in [3.8, 4) is 0 Å². The van der Waals surface area contributed by atoms with Crippen molar-refractivity contribution < 1.29 is 9.21 Å². The molecule has 1 aliphatic carbocycles. The van der Waals surface area contributed by atoms with E-state index in [-0.39, 0.29) is 5.91 Å². The number of piperidine rings is 1. The number of nitrogens with zero attached hydrogens (tertiary/aromatic N) is 6. The number of carbonyl (C=O) groups is 1. The largest absolute Gasteiger partial charge is 0.448 e. The van der Waals surface area contributed by atoms with Gasteiger partial charge in [-0.1, -0.05) is 0 Å². The fourth-order valence-corrected chi connectivity index (χ4v) is 3.74. The van der Waals surface area contributed by atoms with Gasteiger partial charge >= 0.3 is 0 Å². The Morgan fingerprint density at radius 2 is 1.96 bits per heavy atom. The molecule has 0 atom stereocenters. The van der Waals surface area contributed by atoms with Crippen molar-refractivity contribution in [3.05, 3.63) is 29.5 Å². The fourth-order valence-electron chi connectivity index (χ4n) is 3.74. The molecule has 0 aromatic carbocycles. The second-order valence-electron chi connectivity index (χ2n) is 7.64. The molecule has 26 heavy (non-hydrogen) atoms. The maximum Gasteiger partial charge on any atom is 0.276 e. The zero-order valence-electron chi connectivity index (χ0n) is 15.7. The van der Waals surface area contributed by atoms with Gasteiger partial charge in [-0.15, -0.1) is 10.2 Å². The molecule has 1 saturated carbocycles. The van der Waals surface area contributed by atoms with Gasteiger partial charge in [-0.3, -0.25) is 4.79 Å². The number of rotatable bonds is 5. The smallest absolute Gasteiger partial charge is 0.276 e. The predicted molar refractivity (Wildman–Crippen MR) is 94.8 cm³/mol. The van der Waals surface area contributed by atoms with Crippen LogP contribution in [0.5, 0.6) is 0 Å². The summed E-state index contributed by atoms with van der Waals surface area (Å²) in [4.78, 5) is 20.7. The van der Waals surface area contributed by atoms with Gasteiger partial charge in [0.25, 0.3) is 5.91 Å². The molecule has 8 heteroatoms. The van der Waals surface area contributed by atoms with Gasteiger partial charge in [0.2, 0.25) is 0 Å². The van der Waals surface area contributed by atoms with Crippen molar-refractivity contribution in [2.45, 2.75) is 51.1 Å². The minimum atomic E-state index is -0.0355. The molecule has 1 amide bonds. The van der Waals surface area contributed by atoms with Crippen LogP contribution in [0.4, 0.5) is 0 Å². The molecule has 2 fully saturated rings. The van der Waals surface area contributed by atoms with Crippen LogP contribution in [0.3, 0.4) is 0 Å². The van der Waals surface area contributed by atoms with Gasteiger partial charge in [0.1, 0.15) is 17.4 Å². The number of carbonyl (C=O) groups excluding carboxylic acids is 1. The molecule has 8 nitrogen and oxygen atoms in total. The van der Waals surface area contributed by atoms with E-state index in [0.717, 1.165) is 44.1 Å². The maximum atomic E-state index is 12.6. The van der Waals surface area contributed by atoms with E-state index in [0.29, 0.717) is 23.4 Å². The number of hydrogen-bond donors (Lipinski definition) is 0. The first kappa shape index (κ1) is 17.2. The number of likely N-dealkylation sites (tertiary alicyclic amines) is 1. The van der Waals surface area contributed by atoms with Crippen LogP contribution in [0.2, 0.25) is 0 Å². The maximum absolute atomic E-state index is 12.6. The van der Waals surface area contributed by atoms with Crippen LogP contribution in [-0.4, -0.2) is 62.6 Å². The normalized spacial score (nSPS) is 18.7. The lowest BCUT2D eigenvalue weighted by molar-refractivity contribution is 0.0703. The SMILES string of the molecule is Cc1ocnc1C(=O)N1CCC(c2nnc(CN(C)C)n2C2CC2)CC1. The van der Waals surface area contributed by atoms with Gasteiger partial charge in [-0.2, -0.15) is 0 Å². The van der Waals surface area contributed by atoms with Crippen LogP contribution in [0.15, 0.2) is 10.8 Å². The number of hydrogen-bond acceptors (Lipinski definition) is 6. The molecule has 0 unspecified atom stereocenters. The Bertz CT molecular complexity index is 783. The lowest BCUT2D eigenvalue weighted by Crippen LogP contribution is -2.38. The predicted octanol–water partition coefficient (Wildman–Crippen LogP) is 1.99. The monoisotopic (exact) mass is 358 g/mol. The molecule has 0 spiro atoms. The average Bonchev–Trinajstić information content (AvgIpc) is 3.24. The molecule has 0 N–H and O–H groups in total. The molecule has 3 heterocycles. The third kappa shape index (κ3) is 3.25. The van der Waals surface area contributed by atoms with Crippen LogP contribution >= 0.6 is 0 Å². The highest BCUT2D eigenvalue weighted by molar-refractivity contribution is 5.93. The number of aromatic nitrogens is 4. The van der Waals surface area contributed by atoms with E-state index < -0.39 is 0 Å². The van der Waals surface area contributed by atoms with Crippen molar-refractivity contribution in [1.82, 2.24) is 29.5 Å². The van der Waals surface area contributed by atoms with Crippen molar-refractivity contribution in [2.75, 3.05) is 27.2 Å². The summed E-state index contributed by atoms with van der Waals surface area (Å²) < 4.78 is 7.53. The summed E-state index contributed by atoms with van der Waals surface area (Å²) in [6, 6.07) is 0.562. The van der Waals surface area contributed by atoms with Gasteiger partial charge in [-0.25, -0.2) is 4.98 Å². The van der Waals surface area contributed by atoms with E-state index in [9.17, 15) is 4.79 Å². The molecule has 0 bridgehead atoms. The van der Waals surface area contributed by atoms with E-state index in [4.69, 9.17) is 4.42 Å². The molecular formula is C18H26N6O2. The molecule has 4 rings (SSSR count). The molecular weight excluding hydrogens is 332 g/mol. The third-order valence-electron chi connectivity index (χ3n) is 5.26. The minimum Gasteiger partial charge on any atom is -0.448 e. The summed E-state index contributed by atoms with van der Waals surface area (Å²) >= 11 is 0. The number of aryl methyl sites for hydroxylation is 1. The van der Waals surface area contributed by atoms with E-state index in [2.05, 4.69) is 38.7 Å². The minimum absolute atomic E-state index is 0.0355. The fraction of sp³-hybridized carbons (Fsp3) is 0.667. The summed E-state index contributed by atoms with van der Waals surface area (Å²) in [6.07, 6.45) is 5.59. The lowest BCUT2D eigenvalue weighted by atomic mass is 9.95. The molecule has 2 aromatic rings. The second kappa shape index (κ2) is 6.83. The van der Waals surface area contributed by atoms with Gasteiger partial charge < -0.3 is 18.8 Å². The topological polar surface area (TPSA) is 80.3 Å². The Balaban J connectivity index is 1.46. The van der Waals surface area contributed by atoms with Crippen LogP contribution in [0.25, 0.3) is 0 Å². The summed E-state index contributed by atoms with van der Waals surface area (Å²) in [5, 5.41) is 9.01. The van der Waals surface area contributed by atoms with Gasteiger partial charge in [0.15, 0.2) is 12.1 Å². The first-order valence-electron chi connectivity index (χ1n) is 9.32. The zero-order chi connectivity index (χ0) is 18.3. The van der Waals surface area contributed by atoms with Crippen LogP contribution in [0.1, 0.15) is 65.5 Å².